The molecule has 8 nitrogen and oxygen atoms in total. The summed E-state index contributed by atoms with van der Waals surface area (Å²) in [5, 5.41) is 11.7. The number of nitrogens with two attached hydrogens (primary N) is 1. The van der Waals surface area contributed by atoms with Gasteiger partial charge in [0.2, 0.25) is 11.7 Å². The van der Waals surface area contributed by atoms with Gasteiger partial charge in [-0.05, 0) is 55.8 Å². The van der Waals surface area contributed by atoms with Crippen LogP contribution in [0.3, 0.4) is 0 Å². The molecule has 3 heterocycles. The van der Waals surface area contributed by atoms with E-state index in [9.17, 15) is 18.0 Å². The second kappa shape index (κ2) is 11.8. The lowest BCUT2D eigenvalue weighted by Gasteiger charge is -2.41. The van der Waals surface area contributed by atoms with E-state index in [2.05, 4.69) is 21.4 Å². The third kappa shape index (κ3) is 6.36. The topological polar surface area (TPSA) is 111 Å². The van der Waals surface area contributed by atoms with Crippen LogP contribution in [0.4, 0.5) is 24.8 Å². The van der Waals surface area contributed by atoms with Crippen molar-refractivity contribution in [3.63, 3.8) is 0 Å². The molecule has 4 rings (SSSR count). The Bertz CT molecular complexity index is 1080. The number of amides is 1. The molecule has 1 aromatic carbocycles. The Morgan fingerprint density at radius 3 is 2.33 bits per heavy atom. The van der Waals surface area contributed by atoms with E-state index >= 15 is 0 Å². The summed E-state index contributed by atoms with van der Waals surface area (Å²) < 4.78 is 40.7. The number of piperidine rings is 1. The van der Waals surface area contributed by atoms with Crippen LogP contribution in [0, 0.1) is 17.2 Å². The average molecular weight is 524 g/mol. The van der Waals surface area contributed by atoms with Crippen molar-refractivity contribution in [2.75, 3.05) is 42.5 Å². The van der Waals surface area contributed by atoms with Crippen LogP contribution < -0.4 is 20.9 Å². The third-order valence-electron chi connectivity index (χ3n) is 6.64. The minimum absolute atomic E-state index is 0. The van der Waals surface area contributed by atoms with E-state index < -0.39 is 18.0 Å². The molecule has 2 aliphatic heterocycles. The highest BCUT2D eigenvalue weighted by Gasteiger charge is 2.40. The van der Waals surface area contributed by atoms with Crippen LogP contribution in [-0.4, -0.2) is 54.6 Å². The summed E-state index contributed by atoms with van der Waals surface area (Å²) in [6.07, 6.45) is -1.98. The Balaban J connectivity index is 0.00000361. The highest BCUT2D eigenvalue weighted by atomic mass is 35.5. The van der Waals surface area contributed by atoms with Crippen LogP contribution in [0.5, 0.6) is 0 Å². The van der Waals surface area contributed by atoms with Crippen molar-refractivity contribution in [2.24, 2.45) is 11.7 Å². The summed E-state index contributed by atoms with van der Waals surface area (Å²) in [6, 6.07) is 10.1. The fourth-order valence-corrected chi connectivity index (χ4v) is 4.38. The number of rotatable bonds is 7. The van der Waals surface area contributed by atoms with Gasteiger partial charge in [0.15, 0.2) is 0 Å². The molecule has 2 fully saturated rings. The van der Waals surface area contributed by atoms with Crippen molar-refractivity contribution in [1.29, 1.82) is 5.26 Å². The van der Waals surface area contributed by atoms with Gasteiger partial charge in [0, 0.05) is 32.2 Å². The molecule has 0 bridgehead atoms. The molecule has 0 aliphatic carbocycles. The normalized spacial score (nSPS) is 18.1. The number of nitriles is 1. The molecule has 3 N–H and O–H groups in total. The molecule has 2 aromatic rings. The molecular weight excluding hydrogens is 495 g/mol. The Morgan fingerprint density at radius 1 is 1.11 bits per heavy atom. The quantitative estimate of drug-likeness (QED) is 0.574. The SMILES string of the molecule is Cl.N#Cc1ccc(CCNC(=O)[C@@H]2CCN2c2cc(N3CCC(CN)CC3)nc(C(F)(F)F)n2)cc1. The zero-order chi connectivity index (χ0) is 25.0. The van der Waals surface area contributed by atoms with E-state index in [1.165, 1.54) is 0 Å². The summed E-state index contributed by atoms with van der Waals surface area (Å²) in [5.41, 5.74) is 7.27. The summed E-state index contributed by atoms with van der Waals surface area (Å²) in [4.78, 5) is 23.8. The standard InChI is InChI=1S/C24H28F3N7O.ClH/c25-24(26,27)23-31-20(33-10-6-18(15-29)7-11-33)13-21(32-23)34-12-8-19(34)22(35)30-9-5-16-1-3-17(14-28)4-2-16;/h1-4,13,18-19H,5-12,15,29H2,(H,30,35);1H/t19-;/m0./s1. The van der Waals surface area contributed by atoms with Crippen LogP contribution in [0.2, 0.25) is 0 Å². The second-order valence-corrected chi connectivity index (χ2v) is 8.92. The minimum atomic E-state index is -4.69. The highest BCUT2D eigenvalue weighted by Crippen LogP contribution is 2.34. The molecular formula is C24H29ClF3N7O. The Hall–Kier alpha value is -3.10. The van der Waals surface area contributed by atoms with Crippen molar-refractivity contribution < 1.29 is 18.0 Å². The first-order valence-electron chi connectivity index (χ1n) is 11.7. The monoisotopic (exact) mass is 523 g/mol. The van der Waals surface area contributed by atoms with Crippen LogP contribution in [-0.2, 0) is 17.4 Å². The fourth-order valence-electron chi connectivity index (χ4n) is 4.38. The zero-order valence-electron chi connectivity index (χ0n) is 19.7. The maximum atomic E-state index is 13.6. The van der Waals surface area contributed by atoms with Crippen molar-refractivity contribution in [2.45, 2.75) is 37.9 Å². The predicted octanol–water partition coefficient (Wildman–Crippen LogP) is 2.90. The van der Waals surface area contributed by atoms with Gasteiger partial charge in [0.25, 0.3) is 0 Å². The van der Waals surface area contributed by atoms with E-state index in [1.807, 2.05) is 17.0 Å². The molecule has 12 heteroatoms. The van der Waals surface area contributed by atoms with Gasteiger partial charge in [0.1, 0.15) is 17.7 Å². The van der Waals surface area contributed by atoms with Gasteiger partial charge in [0.05, 0.1) is 11.6 Å². The van der Waals surface area contributed by atoms with Gasteiger partial charge in [-0.2, -0.15) is 18.4 Å². The van der Waals surface area contributed by atoms with Gasteiger partial charge < -0.3 is 20.9 Å². The van der Waals surface area contributed by atoms with Gasteiger partial charge in [-0.3, -0.25) is 4.79 Å². The largest absolute Gasteiger partial charge is 0.451 e. The fraction of sp³-hybridized carbons (Fsp3) is 0.500. The lowest BCUT2D eigenvalue weighted by molar-refractivity contribution is -0.144. The molecule has 0 radical (unpaired) electrons. The van der Waals surface area contributed by atoms with Crippen LogP contribution in [0.15, 0.2) is 30.3 Å². The third-order valence-corrected chi connectivity index (χ3v) is 6.64. The number of anilines is 2. The van der Waals surface area contributed by atoms with E-state index in [-0.39, 0.29) is 29.9 Å². The molecule has 1 atom stereocenters. The lowest BCUT2D eigenvalue weighted by atomic mass is 9.97. The summed E-state index contributed by atoms with van der Waals surface area (Å²) in [7, 11) is 0. The smallest absolute Gasteiger partial charge is 0.356 e. The number of hydrogen-bond acceptors (Lipinski definition) is 7. The van der Waals surface area contributed by atoms with Crippen molar-refractivity contribution in [3.05, 3.63) is 47.3 Å². The van der Waals surface area contributed by atoms with Gasteiger partial charge in [-0.1, -0.05) is 12.1 Å². The molecule has 1 amide bonds. The number of hydrogen-bond donors (Lipinski definition) is 2. The molecule has 0 unspecified atom stereocenters. The number of benzene rings is 1. The number of carbonyl (C=O) groups excluding carboxylic acids is 1. The Labute approximate surface area is 214 Å². The van der Waals surface area contributed by atoms with Gasteiger partial charge >= 0.3 is 6.18 Å². The first-order chi connectivity index (χ1) is 16.8. The maximum absolute atomic E-state index is 13.6. The van der Waals surface area contributed by atoms with Gasteiger partial charge in [-0.15, -0.1) is 12.4 Å². The molecule has 2 saturated heterocycles. The zero-order valence-corrected chi connectivity index (χ0v) is 20.5. The number of aromatic nitrogens is 2. The predicted molar refractivity (Wildman–Crippen MR) is 132 cm³/mol. The summed E-state index contributed by atoms with van der Waals surface area (Å²) >= 11 is 0. The Kier molecular flexibility index (Phi) is 8.98. The van der Waals surface area contributed by atoms with E-state index in [4.69, 9.17) is 11.0 Å². The first kappa shape index (κ1) is 27.5. The number of carbonyl (C=O) groups is 1. The van der Waals surface area contributed by atoms with E-state index in [1.54, 1.807) is 23.1 Å². The molecule has 0 saturated carbocycles. The van der Waals surface area contributed by atoms with Crippen LogP contribution in [0.1, 0.15) is 36.2 Å². The van der Waals surface area contributed by atoms with E-state index in [0.717, 1.165) is 18.4 Å². The maximum Gasteiger partial charge on any atom is 0.451 e. The number of alkyl halides is 3. The molecule has 1 aromatic heterocycles. The Morgan fingerprint density at radius 2 is 1.78 bits per heavy atom. The van der Waals surface area contributed by atoms with Crippen molar-refractivity contribution in [3.8, 4) is 6.07 Å². The second-order valence-electron chi connectivity index (χ2n) is 8.92. The summed E-state index contributed by atoms with van der Waals surface area (Å²) in [6.45, 7) is 2.54. The number of nitrogens with one attached hydrogen (secondary N) is 1. The van der Waals surface area contributed by atoms with Crippen molar-refractivity contribution >= 4 is 29.9 Å². The van der Waals surface area contributed by atoms with Gasteiger partial charge in [-0.25, -0.2) is 9.97 Å². The summed E-state index contributed by atoms with van der Waals surface area (Å²) in [5.74, 6) is -0.742. The molecule has 2 aliphatic rings. The molecule has 0 spiro atoms. The minimum Gasteiger partial charge on any atom is -0.356 e. The van der Waals surface area contributed by atoms with Crippen molar-refractivity contribution in [1.82, 2.24) is 15.3 Å². The van der Waals surface area contributed by atoms with E-state index in [0.29, 0.717) is 57.0 Å². The number of halogens is 4. The average Bonchev–Trinajstić information content (AvgIpc) is 2.83. The van der Waals surface area contributed by atoms with Crippen LogP contribution in [0.25, 0.3) is 0 Å². The molecule has 36 heavy (non-hydrogen) atoms. The highest BCUT2D eigenvalue weighted by molar-refractivity contribution is 5.86. The number of nitrogens with zero attached hydrogens (tertiary/aromatic N) is 5. The first-order valence-corrected chi connectivity index (χ1v) is 11.7. The molecule has 194 valence electrons. The van der Waals surface area contributed by atoms with Crippen LogP contribution >= 0.6 is 12.4 Å². The lowest BCUT2D eigenvalue weighted by Crippen LogP contribution is -2.57.